The summed E-state index contributed by atoms with van der Waals surface area (Å²) in [4.78, 5) is 25.7. The van der Waals surface area contributed by atoms with E-state index >= 15 is 0 Å². The molecule has 0 aromatic heterocycles. The van der Waals surface area contributed by atoms with Crippen LogP contribution in [0.5, 0.6) is 0 Å². The number of piperidine rings is 1. The third kappa shape index (κ3) is 5.68. The molecule has 3 rings (SSSR count). The zero-order valence-electron chi connectivity index (χ0n) is 18.2. The number of para-hydroxylation sites is 1. The van der Waals surface area contributed by atoms with Gasteiger partial charge < -0.3 is 10.6 Å². The number of carbonyl (C=O) groups is 2. The maximum absolute atomic E-state index is 13.0. The van der Waals surface area contributed by atoms with Gasteiger partial charge in [-0.2, -0.15) is 4.31 Å². The Balaban J connectivity index is 1.73. The number of benzene rings is 2. The Bertz CT molecular complexity index is 1070. The lowest BCUT2D eigenvalue weighted by Gasteiger charge is -2.31. The Morgan fingerprint density at radius 3 is 2.53 bits per heavy atom. The summed E-state index contributed by atoms with van der Waals surface area (Å²) in [6.07, 6.45) is 1.93. The van der Waals surface area contributed by atoms with Crippen molar-refractivity contribution < 1.29 is 18.0 Å². The summed E-state index contributed by atoms with van der Waals surface area (Å²) >= 11 is 5.87. The molecule has 1 heterocycles. The van der Waals surface area contributed by atoms with Crippen molar-refractivity contribution in [3.8, 4) is 0 Å². The highest BCUT2D eigenvalue weighted by molar-refractivity contribution is 7.89. The van der Waals surface area contributed by atoms with Gasteiger partial charge in [0.1, 0.15) is 0 Å². The Labute approximate surface area is 194 Å². The number of rotatable bonds is 7. The van der Waals surface area contributed by atoms with Crippen LogP contribution in [0.2, 0.25) is 5.02 Å². The molecule has 0 bridgehead atoms. The van der Waals surface area contributed by atoms with Crippen LogP contribution < -0.4 is 10.6 Å². The van der Waals surface area contributed by atoms with Crippen LogP contribution in [0.4, 0.5) is 5.69 Å². The first kappa shape index (κ1) is 24.2. The van der Waals surface area contributed by atoms with Crippen LogP contribution in [0.25, 0.3) is 0 Å². The van der Waals surface area contributed by atoms with E-state index in [4.69, 9.17) is 11.6 Å². The molecule has 0 radical (unpaired) electrons. The van der Waals surface area contributed by atoms with Crippen molar-refractivity contribution in [1.82, 2.24) is 9.62 Å². The third-order valence-corrected chi connectivity index (χ3v) is 7.76. The standard InChI is InChI=1S/C23H28ClN3O4S/c1-3-16(2)25-23(29)20-8-4-5-9-21(20)26-22(28)17-7-6-14-27(15-17)32(30,31)19-12-10-18(24)11-13-19/h4-5,8-13,16-17H,3,6-7,14-15H2,1-2H3,(H,25,29)(H,26,28)/t16-,17-/m0/s1. The van der Waals surface area contributed by atoms with Gasteiger partial charge in [0.2, 0.25) is 15.9 Å². The maximum Gasteiger partial charge on any atom is 0.253 e. The number of amides is 2. The molecule has 9 heteroatoms. The number of nitrogens with zero attached hydrogens (tertiary/aromatic N) is 1. The zero-order valence-corrected chi connectivity index (χ0v) is 19.7. The van der Waals surface area contributed by atoms with Crippen molar-refractivity contribution in [3.63, 3.8) is 0 Å². The molecule has 2 N–H and O–H groups in total. The van der Waals surface area contributed by atoms with Gasteiger partial charge in [-0.25, -0.2) is 8.42 Å². The molecule has 2 aromatic rings. The second kappa shape index (κ2) is 10.5. The SMILES string of the molecule is CC[C@H](C)NC(=O)c1ccccc1NC(=O)[C@H]1CCCN(S(=O)(=O)c2ccc(Cl)cc2)C1. The highest BCUT2D eigenvalue weighted by Crippen LogP contribution is 2.26. The average molecular weight is 478 g/mol. The number of sulfonamides is 1. The minimum Gasteiger partial charge on any atom is -0.350 e. The fourth-order valence-corrected chi connectivity index (χ4v) is 5.21. The molecule has 7 nitrogen and oxygen atoms in total. The van der Waals surface area contributed by atoms with Crippen LogP contribution in [0.3, 0.4) is 0 Å². The minimum absolute atomic E-state index is 0.0104. The topological polar surface area (TPSA) is 95.6 Å². The van der Waals surface area contributed by atoms with Crippen LogP contribution >= 0.6 is 11.6 Å². The molecule has 2 atom stereocenters. The molecule has 0 aliphatic carbocycles. The van der Waals surface area contributed by atoms with E-state index in [1.807, 2.05) is 13.8 Å². The van der Waals surface area contributed by atoms with E-state index in [0.717, 1.165) is 6.42 Å². The molecule has 172 valence electrons. The van der Waals surface area contributed by atoms with E-state index in [9.17, 15) is 18.0 Å². The Kier molecular flexibility index (Phi) is 7.92. The second-order valence-corrected chi connectivity index (χ2v) is 10.3. The summed E-state index contributed by atoms with van der Waals surface area (Å²) in [6, 6.07) is 12.8. The first-order valence-corrected chi connectivity index (χ1v) is 12.5. The molecule has 1 aliphatic heterocycles. The van der Waals surface area contributed by atoms with Gasteiger partial charge >= 0.3 is 0 Å². The van der Waals surface area contributed by atoms with Gasteiger partial charge in [-0.1, -0.05) is 30.7 Å². The van der Waals surface area contributed by atoms with E-state index < -0.39 is 15.9 Å². The molecule has 0 unspecified atom stereocenters. The summed E-state index contributed by atoms with van der Waals surface area (Å²) in [5.74, 6) is -1.08. The molecule has 2 amide bonds. The van der Waals surface area contributed by atoms with Crippen LogP contribution in [0.1, 0.15) is 43.5 Å². The number of hydrogen-bond acceptors (Lipinski definition) is 4. The van der Waals surface area contributed by atoms with Crippen molar-refractivity contribution in [2.75, 3.05) is 18.4 Å². The summed E-state index contributed by atoms with van der Waals surface area (Å²) in [5, 5.41) is 6.19. The molecule has 1 aliphatic rings. The van der Waals surface area contributed by atoms with Crippen molar-refractivity contribution in [2.45, 2.75) is 44.0 Å². The first-order valence-electron chi connectivity index (χ1n) is 10.7. The Morgan fingerprint density at radius 2 is 1.84 bits per heavy atom. The van der Waals surface area contributed by atoms with Crippen LogP contribution in [-0.2, 0) is 14.8 Å². The van der Waals surface area contributed by atoms with Gasteiger partial charge in [0.15, 0.2) is 0 Å². The van der Waals surface area contributed by atoms with Crippen LogP contribution in [-0.4, -0.2) is 43.7 Å². The maximum atomic E-state index is 13.0. The molecule has 32 heavy (non-hydrogen) atoms. The monoisotopic (exact) mass is 477 g/mol. The smallest absolute Gasteiger partial charge is 0.253 e. The number of carbonyl (C=O) groups excluding carboxylic acids is 2. The van der Waals surface area contributed by atoms with Gasteiger partial charge in [-0.05, 0) is 62.6 Å². The van der Waals surface area contributed by atoms with Crippen LogP contribution in [0.15, 0.2) is 53.4 Å². The van der Waals surface area contributed by atoms with E-state index in [1.165, 1.54) is 28.6 Å². The highest BCUT2D eigenvalue weighted by atomic mass is 35.5. The molecule has 0 spiro atoms. The summed E-state index contributed by atoms with van der Waals surface area (Å²) in [7, 11) is -3.73. The largest absolute Gasteiger partial charge is 0.350 e. The minimum atomic E-state index is -3.73. The molecule has 2 aromatic carbocycles. The number of nitrogens with one attached hydrogen (secondary N) is 2. The number of hydrogen-bond donors (Lipinski definition) is 2. The summed E-state index contributed by atoms with van der Waals surface area (Å²) in [6.45, 7) is 4.32. The van der Waals surface area contributed by atoms with Crippen molar-refractivity contribution >= 4 is 39.1 Å². The molecule has 1 saturated heterocycles. The van der Waals surface area contributed by atoms with Crippen molar-refractivity contribution in [1.29, 1.82) is 0 Å². The Hall–Kier alpha value is -2.42. The van der Waals surface area contributed by atoms with Gasteiger partial charge in [-0.3, -0.25) is 9.59 Å². The molecule has 1 fully saturated rings. The molecular formula is C23H28ClN3O4S. The predicted molar refractivity (Wildman–Crippen MR) is 125 cm³/mol. The van der Waals surface area contributed by atoms with E-state index in [0.29, 0.717) is 35.7 Å². The fourth-order valence-electron chi connectivity index (χ4n) is 3.56. The fraction of sp³-hybridized carbons (Fsp3) is 0.391. The Morgan fingerprint density at radius 1 is 1.16 bits per heavy atom. The molecular weight excluding hydrogens is 450 g/mol. The summed E-state index contributed by atoms with van der Waals surface area (Å²) < 4.78 is 27.3. The van der Waals surface area contributed by atoms with Crippen molar-refractivity contribution in [2.24, 2.45) is 5.92 Å². The van der Waals surface area contributed by atoms with E-state index in [-0.39, 0.29) is 29.3 Å². The average Bonchev–Trinajstić information content (AvgIpc) is 2.79. The summed E-state index contributed by atoms with van der Waals surface area (Å²) in [5.41, 5.74) is 0.790. The second-order valence-electron chi connectivity index (χ2n) is 7.97. The quantitative estimate of drug-likeness (QED) is 0.632. The van der Waals surface area contributed by atoms with E-state index in [1.54, 1.807) is 24.3 Å². The first-order chi connectivity index (χ1) is 15.2. The number of anilines is 1. The molecule has 0 saturated carbocycles. The lowest BCUT2D eigenvalue weighted by atomic mass is 9.98. The van der Waals surface area contributed by atoms with E-state index in [2.05, 4.69) is 10.6 Å². The third-order valence-electron chi connectivity index (χ3n) is 5.63. The van der Waals surface area contributed by atoms with Gasteiger partial charge in [0, 0.05) is 24.2 Å². The van der Waals surface area contributed by atoms with Gasteiger partial charge in [0.25, 0.3) is 5.91 Å². The van der Waals surface area contributed by atoms with Gasteiger partial charge in [0.05, 0.1) is 22.1 Å². The lowest BCUT2D eigenvalue weighted by Crippen LogP contribution is -2.43. The highest BCUT2D eigenvalue weighted by Gasteiger charge is 2.33. The normalized spacial score (nSPS) is 18.0. The lowest BCUT2D eigenvalue weighted by molar-refractivity contribution is -0.120. The van der Waals surface area contributed by atoms with Crippen LogP contribution in [0, 0.1) is 5.92 Å². The zero-order chi connectivity index (χ0) is 23.3. The predicted octanol–water partition coefficient (Wildman–Crippen LogP) is 3.91. The van der Waals surface area contributed by atoms with Gasteiger partial charge in [-0.15, -0.1) is 0 Å². The number of halogens is 1. The van der Waals surface area contributed by atoms with Crippen molar-refractivity contribution in [3.05, 3.63) is 59.1 Å².